The van der Waals surface area contributed by atoms with Crippen LogP contribution in [0.3, 0.4) is 0 Å². The zero-order chi connectivity index (χ0) is 18.0. The van der Waals surface area contributed by atoms with E-state index in [1.165, 1.54) is 0 Å². The van der Waals surface area contributed by atoms with Gasteiger partial charge in [-0.05, 0) is 58.4 Å². The quantitative estimate of drug-likeness (QED) is 0.820. The zero-order valence-electron chi connectivity index (χ0n) is 15.4. The molecule has 6 heteroatoms. The van der Waals surface area contributed by atoms with E-state index in [2.05, 4.69) is 37.7 Å². The number of nitrogens with one attached hydrogen (secondary N) is 1. The molecule has 1 aromatic carbocycles. The van der Waals surface area contributed by atoms with Gasteiger partial charge in [-0.1, -0.05) is 6.92 Å². The number of sulfonamides is 1. The van der Waals surface area contributed by atoms with E-state index in [0.717, 1.165) is 19.3 Å². The number of piperidine rings is 1. The summed E-state index contributed by atoms with van der Waals surface area (Å²) >= 11 is 0. The van der Waals surface area contributed by atoms with Crippen molar-refractivity contribution in [1.29, 1.82) is 0 Å². The molecule has 0 amide bonds. The molecule has 136 valence electrons. The minimum Gasteiger partial charge on any atom is -0.494 e. The molecule has 1 aromatic rings. The Hall–Kier alpha value is -1.11. The molecule has 0 aromatic heterocycles. The monoisotopic (exact) mass is 355 g/mol. The molecular weight excluding hydrogens is 324 g/mol. The molecule has 0 spiro atoms. The van der Waals surface area contributed by atoms with Gasteiger partial charge in [0.25, 0.3) is 0 Å². The van der Waals surface area contributed by atoms with Crippen LogP contribution in [0, 0.1) is 0 Å². The lowest BCUT2D eigenvalue weighted by atomic mass is 9.80. The van der Waals surface area contributed by atoms with Gasteiger partial charge in [0.05, 0.1) is 22.6 Å². The van der Waals surface area contributed by atoms with Crippen LogP contribution in [0.25, 0.3) is 0 Å². The van der Waals surface area contributed by atoms with Gasteiger partial charge in [0.15, 0.2) is 0 Å². The van der Waals surface area contributed by atoms with Crippen molar-refractivity contribution < 1.29 is 18.5 Å². The highest BCUT2D eigenvalue weighted by Gasteiger charge is 2.42. The van der Waals surface area contributed by atoms with E-state index < -0.39 is 10.0 Å². The largest absolute Gasteiger partial charge is 0.494 e. The number of ether oxygens (including phenoxy) is 1. The molecule has 1 heterocycles. The van der Waals surface area contributed by atoms with Crippen molar-refractivity contribution in [1.82, 2.24) is 4.72 Å². The summed E-state index contributed by atoms with van der Waals surface area (Å²) in [4.78, 5) is 0.288. The Morgan fingerprint density at radius 2 is 1.67 bits per heavy atom. The fourth-order valence-electron chi connectivity index (χ4n) is 3.82. The Morgan fingerprint density at radius 1 is 1.12 bits per heavy atom. The van der Waals surface area contributed by atoms with Crippen LogP contribution < -0.4 is 14.8 Å². The summed E-state index contributed by atoms with van der Waals surface area (Å²) in [7, 11) is -3.52. The second-order valence-electron chi connectivity index (χ2n) is 8.17. The predicted octanol–water partition coefficient (Wildman–Crippen LogP) is 2.04. The van der Waals surface area contributed by atoms with E-state index in [-0.39, 0.29) is 22.0 Å². The number of rotatable bonds is 6. The third-order valence-electron chi connectivity index (χ3n) is 4.26. The average molecular weight is 356 g/mol. The Morgan fingerprint density at radius 3 is 2.17 bits per heavy atom. The standard InChI is InChI=1S/C18H30N2O3S/c1-6-11-23-15-7-9-16(10-8-15)24(21,22)19-14-12-17(2,3)20-18(4,5)13-14/h7-10,14,19-20H,6,11-13H2,1-5H3/p+1. The first-order valence-corrected chi connectivity index (χ1v) is 10.1. The summed E-state index contributed by atoms with van der Waals surface area (Å²) in [6, 6.07) is 6.59. The molecule has 0 saturated carbocycles. The van der Waals surface area contributed by atoms with Gasteiger partial charge in [-0.15, -0.1) is 0 Å². The van der Waals surface area contributed by atoms with E-state index in [4.69, 9.17) is 4.74 Å². The molecule has 0 bridgehead atoms. The molecule has 2 rings (SSSR count). The summed E-state index contributed by atoms with van der Waals surface area (Å²) in [5.41, 5.74) is 0.0412. The third kappa shape index (κ3) is 5.19. The van der Waals surface area contributed by atoms with Gasteiger partial charge in [-0.25, -0.2) is 13.1 Å². The lowest BCUT2D eigenvalue weighted by Gasteiger charge is -2.43. The number of benzene rings is 1. The molecule has 1 saturated heterocycles. The molecule has 0 unspecified atom stereocenters. The van der Waals surface area contributed by atoms with Crippen LogP contribution >= 0.6 is 0 Å². The molecular formula is C18H31N2O3S+. The van der Waals surface area contributed by atoms with Crippen LogP contribution in [-0.2, 0) is 10.0 Å². The molecule has 3 N–H and O–H groups in total. The molecule has 24 heavy (non-hydrogen) atoms. The van der Waals surface area contributed by atoms with Crippen molar-refractivity contribution in [2.24, 2.45) is 0 Å². The van der Waals surface area contributed by atoms with E-state index in [1.807, 2.05) is 6.92 Å². The minimum absolute atomic E-state index is 0.0206. The van der Waals surface area contributed by atoms with Crippen molar-refractivity contribution in [2.45, 2.75) is 75.9 Å². The fourth-order valence-corrected chi connectivity index (χ4v) is 5.06. The average Bonchev–Trinajstić information content (AvgIpc) is 2.41. The molecule has 5 nitrogen and oxygen atoms in total. The van der Waals surface area contributed by atoms with Crippen molar-refractivity contribution in [2.75, 3.05) is 6.61 Å². The van der Waals surface area contributed by atoms with Crippen LogP contribution in [0.4, 0.5) is 0 Å². The highest BCUT2D eigenvalue weighted by Crippen LogP contribution is 2.24. The molecule has 1 aliphatic heterocycles. The maximum atomic E-state index is 12.7. The van der Waals surface area contributed by atoms with E-state index in [1.54, 1.807) is 24.3 Å². The van der Waals surface area contributed by atoms with Crippen LogP contribution in [0.1, 0.15) is 53.9 Å². The maximum Gasteiger partial charge on any atom is 0.240 e. The topological polar surface area (TPSA) is 72.0 Å². The second-order valence-corrected chi connectivity index (χ2v) is 9.88. The van der Waals surface area contributed by atoms with Crippen molar-refractivity contribution >= 4 is 10.0 Å². The van der Waals surface area contributed by atoms with E-state index >= 15 is 0 Å². The lowest BCUT2D eigenvalue weighted by Crippen LogP contribution is -3.06. The van der Waals surface area contributed by atoms with Gasteiger partial charge in [0.1, 0.15) is 5.75 Å². The van der Waals surface area contributed by atoms with Crippen molar-refractivity contribution in [3.05, 3.63) is 24.3 Å². The van der Waals surface area contributed by atoms with Gasteiger partial charge >= 0.3 is 0 Å². The molecule has 0 atom stereocenters. The number of nitrogens with two attached hydrogens (primary N) is 1. The van der Waals surface area contributed by atoms with Gasteiger partial charge in [0, 0.05) is 18.9 Å². The van der Waals surface area contributed by atoms with Crippen molar-refractivity contribution in [3.8, 4) is 5.75 Å². The summed E-state index contributed by atoms with van der Waals surface area (Å²) in [5, 5.41) is 2.34. The summed E-state index contributed by atoms with van der Waals surface area (Å²) in [6.45, 7) is 11.3. The highest BCUT2D eigenvalue weighted by atomic mass is 32.2. The third-order valence-corrected chi connectivity index (χ3v) is 5.79. The second kappa shape index (κ2) is 7.02. The number of hydrogen-bond donors (Lipinski definition) is 2. The van der Waals surface area contributed by atoms with Gasteiger partial charge in [0.2, 0.25) is 10.0 Å². The van der Waals surface area contributed by atoms with Gasteiger partial charge < -0.3 is 10.1 Å². The zero-order valence-corrected chi connectivity index (χ0v) is 16.2. The SMILES string of the molecule is CCCOc1ccc(S(=O)(=O)NC2CC(C)(C)[NH2+]C(C)(C)C2)cc1. The molecule has 0 radical (unpaired) electrons. The molecule has 0 aliphatic carbocycles. The van der Waals surface area contributed by atoms with Crippen LogP contribution in [-0.4, -0.2) is 32.1 Å². The number of hydrogen-bond acceptors (Lipinski definition) is 3. The van der Waals surface area contributed by atoms with Gasteiger partial charge in [-0.2, -0.15) is 0 Å². The lowest BCUT2D eigenvalue weighted by molar-refractivity contribution is -0.787. The molecule has 1 fully saturated rings. The highest BCUT2D eigenvalue weighted by molar-refractivity contribution is 7.89. The van der Waals surface area contributed by atoms with E-state index in [0.29, 0.717) is 12.4 Å². The van der Waals surface area contributed by atoms with Crippen LogP contribution in [0.5, 0.6) is 5.75 Å². The first-order chi connectivity index (χ1) is 11.0. The Balaban J connectivity index is 2.10. The predicted molar refractivity (Wildman–Crippen MR) is 95.7 cm³/mol. The normalized spacial score (nSPS) is 20.7. The number of quaternary nitrogens is 1. The summed E-state index contributed by atoms with van der Waals surface area (Å²) < 4.78 is 33.8. The van der Waals surface area contributed by atoms with Gasteiger partial charge in [-0.3, -0.25) is 0 Å². The van der Waals surface area contributed by atoms with Crippen LogP contribution in [0.2, 0.25) is 0 Å². The summed E-state index contributed by atoms with van der Waals surface area (Å²) in [6.07, 6.45) is 2.55. The Labute approximate surface area is 146 Å². The maximum absolute atomic E-state index is 12.7. The first-order valence-electron chi connectivity index (χ1n) is 8.65. The Kier molecular flexibility index (Phi) is 5.62. The van der Waals surface area contributed by atoms with Crippen molar-refractivity contribution in [3.63, 3.8) is 0 Å². The summed E-state index contributed by atoms with van der Waals surface area (Å²) in [5.74, 6) is 0.699. The fraction of sp³-hybridized carbons (Fsp3) is 0.667. The smallest absolute Gasteiger partial charge is 0.240 e. The minimum atomic E-state index is -3.52. The molecule has 1 aliphatic rings. The Bertz CT molecular complexity index is 635. The first kappa shape index (κ1) is 19.2. The van der Waals surface area contributed by atoms with Crippen LogP contribution in [0.15, 0.2) is 29.2 Å². The van der Waals surface area contributed by atoms with E-state index in [9.17, 15) is 8.42 Å².